The Hall–Kier alpha value is -0.400. The number of amides is 2. The predicted molar refractivity (Wildman–Crippen MR) is 89.5 cm³/mol. The van der Waals surface area contributed by atoms with Gasteiger partial charge < -0.3 is 16.0 Å². The first-order valence-electron chi connectivity index (χ1n) is 6.99. The highest BCUT2D eigenvalue weighted by molar-refractivity contribution is 8.00. The number of nitrogens with one attached hydrogen (secondary N) is 3. The van der Waals surface area contributed by atoms with Crippen LogP contribution < -0.4 is 16.0 Å². The number of rotatable bonds is 12. The van der Waals surface area contributed by atoms with E-state index in [4.69, 9.17) is 0 Å². The van der Waals surface area contributed by atoms with Gasteiger partial charge in [0.1, 0.15) is 0 Å². The molecule has 0 aliphatic heterocycles. The summed E-state index contributed by atoms with van der Waals surface area (Å²) in [5, 5.41) is 9.34. The summed E-state index contributed by atoms with van der Waals surface area (Å²) in [6.07, 6.45) is 0. The fourth-order valence-corrected chi connectivity index (χ4v) is 2.32. The summed E-state index contributed by atoms with van der Waals surface area (Å²) in [5.41, 5.74) is 0. The summed E-state index contributed by atoms with van der Waals surface area (Å²) >= 11 is 3.25. The van der Waals surface area contributed by atoms with Crippen LogP contribution in [0.4, 0.5) is 0 Å². The number of carbonyl (C=O) groups is 2. The minimum Gasteiger partial charge on any atom is -0.354 e. The Morgan fingerprint density at radius 3 is 2.00 bits per heavy atom. The van der Waals surface area contributed by atoms with Crippen molar-refractivity contribution in [3.05, 3.63) is 0 Å². The standard InChI is InChI=1S/C13H27N3O2S2/c1-4-19-9-12(17)15-7-5-14-6-8-16-13(18)10-20-11(2)3/h11,14H,4-10H2,1-3H3,(H,15,17)(H,16,18). The lowest BCUT2D eigenvalue weighted by Gasteiger charge is -2.08. The van der Waals surface area contributed by atoms with Gasteiger partial charge in [-0.1, -0.05) is 20.8 Å². The molecule has 7 heteroatoms. The molecule has 20 heavy (non-hydrogen) atoms. The molecule has 0 aromatic carbocycles. The van der Waals surface area contributed by atoms with Gasteiger partial charge >= 0.3 is 0 Å². The molecule has 0 saturated carbocycles. The van der Waals surface area contributed by atoms with Crippen molar-refractivity contribution in [1.29, 1.82) is 0 Å². The Morgan fingerprint density at radius 1 is 0.950 bits per heavy atom. The molecule has 5 nitrogen and oxygen atoms in total. The van der Waals surface area contributed by atoms with Crippen molar-refractivity contribution in [2.24, 2.45) is 0 Å². The van der Waals surface area contributed by atoms with E-state index in [0.717, 1.165) is 18.8 Å². The zero-order valence-corrected chi connectivity index (χ0v) is 14.3. The molecule has 0 aromatic rings. The molecule has 0 rings (SSSR count). The molecule has 0 aliphatic rings. The monoisotopic (exact) mass is 321 g/mol. The van der Waals surface area contributed by atoms with Crippen molar-refractivity contribution >= 4 is 35.3 Å². The first kappa shape index (κ1) is 19.6. The van der Waals surface area contributed by atoms with Gasteiger partial charge in [0.2, 0.25) is 11.8 Å². The van der Waals surface area contributed by atoms with E-state index < -0.39 is 0 Å². The highest BCUT2D eigenvalue weighted by Crippen LogP contribution is 2.07. The molecule has 0 aromatic heterocycles. The van der Waals surface area contributed by atoms with Crippen LogP contribution in [0.25, 0.3) is 0 Å². The van der Waals surface area contributed by atoms with Crippen LogP contribution in [0.5, 0.6) is 0 Å². The third kappa shape index (κ3) is 14.0. The molecular weight excluding hydrogens is 294 g/mol. The van der Waals surface area contributed by atoms with Crippen molar-refractivity contribution in [3.8, 4) is 0 Å². The van der Waals surface area contributed by atoms with Crippen LogP contribution in [0.1, 0.15) is 20.8 Å². The van der Waals surface area contributed by atoms with E-state index in [1.54, 1.807) is 23.5 Å². The number of carbonyl (C=O) groups excluding carboxylic acids is 2. The predicted octanol–water partition coefficient (Wildman–Crippen LogP) is 0.703. The Bertz CT molecular complexity index is 276. The van der Waals surface area contributed by atoms with Crippen molar-refractivity contribution in [3.63, 3.8) is 0 Å². The third-order valence-electron chi connectivity index (χ3n) is 2.23. The lowest BCUT2D eigenvalue weighted by atomic mass is 10.5. The Balaban J connectivity index is 3.28. The van der Waals surface area contributed by atoms with Crippen LogP contribution in [0.15, 0.2) is 0 Å². The lowest BCUT2D eigenvalue weighted by molar-refractivity contribution is -0.119. The topological polar surface area (TPSA) is 70.2 Å². The van der Waals surface area contributed by atoms with E-state index in [2.05, 4.69) is 29.8 Å². The Kier molecular flexibility index (Phi) is 13.3. The van der Waals surface area contributed by atoms with Gasteiger partial charge in [-0.25, -0.2) is 0 Å². The molecular formula is C13H27N3O2S2. The van der Waals surface area contributed by atoms with Gasteiger partial charge in [-0.05, 0) is 11.0 Å². The molecule has 118 valence electrons. The van der Waals surface area contributed by atoms with E-state index in [1.807, 2.05) is 6.92 Å². The highest BCUT2D eigenvalue weighted by atomic mass is 32.2. The molecule has 0 radical (unpaired) electrons. The fourth-order valence-electron chi connectivity index (χ4n) is 1.24. The largest absolute Gasteiger partial charge is 0.354 e. The molecule has 0 bridgehead atoms. The van der Waals surface area contributed by atoms with Gasteiger partial charge in [-0.2, -0.15) is 11.8 Å². The maximum atomic E-state index is 11.4. The minimum atomic E-state index is 0.0791. The van der Waals surface area contributed by atoms with Crippen molar-refractivity contribution < 1.29 is 9.59 Å². The second-order valence-electron chi connectivity index (χ2n) is 4.45. The average molecular weight is 322 g/mol. The average Bonchev–Trinajstić information content (AvgIpc) is 2.41. The smallest absolute Gasteiger partial charge is 0.230 e. The summed E-state index contributed by atoms with van der Waals surface area (Å²) < 4.78 is 0. The summed E-state index contributed by atoms with van der Waals surface area (Å²) in [4.78, 5) is 22.7. The van der Waals surface area contributed by atoms with E-state index in [9.17, 15) is 9.59 Å². The second-order valence-corrected chi connectivity index (χ2v) is 7.29. The SMILES string of the molecule is CCSCC(=O)NCCNCCNC(=O)CSC(C)C. The fraction of sp³-hybridized carbons (Fsp3) is 0.846. The van der Waals surface area contributed by atoms with Gasteiger partial charge in [-0.15, -0.1) is 11.8 Å². The van der Waals surface area contributed by atoms with Gasteiger partial charge in [0.25, 0.3) is 0 Å². The van der Waals surface area contributed by atoms with Crippen LogP contribution in [0.3, 0.4) is 0 Å². The van der Waals surface area contributed by atoms with Crippen molar-refractivity contribution in [2.75, 3.05) is 43.4 Å². The lowest BCUT2D eigenvalue weighted by Crippen LogP contribution is -2.37. The normalized spacial score (nSPS) is 10.6. The maximum Gasteiger partial charge on any atom is 0.230 e. The van der Waals surface area contributed by atoms with Gasteiger partial charge in [0.15, 0.2) is 0 Å². The zero-order chi connectivity index (χ0) is 15.2. The van der Waals surface area contributed by atoms with E-state index in [1.165, 1.54) is 0 Å². The summed E-state index contributed by atoms with van der Waals surface area (Å²) in [6.45, 7) is 8.88. The van der Waals surface area contributed by atoms with Gasteiger partial charge in [0.05, 0.1) is 11.5 Å². The first-order valence-corrected chi connectivity index (χ1v) is 9.20. The van der Waals surface area contributed by atoms with Gasteiger partial charge in [-0.3, -0.25) is 9.59 Å². The molecule has 0 aliphatic carbocycles. The number of hydrogen-bond acceptors (Lipinski definition) is 5. The summed E-state index contributed by atoms with van der Waals surface area (Å²) in [5.74, 6) is 2.16. The van der Waals surface area contributed by atoms with Crippen LogP contribution in [-0.4, -0.2) is 60.5 Å². The quantitative estimate of drug-likeness (QED) is 0.462. The van der Waals surface area contributed by atoms with Crippen molar-refractivity contribution in [2.45, 2.75) is 26.0 Å². The molecule has 0 heterocycles. The van der Waals surface area contributed by atoms with E-state index in [-0.39, 0.29) is 11.8 Å². The van der Waals surface area contributed by atoms with Crippen molar-refractivity contribution in [1.82, 2.24) is 16.0 Å². The van der Waals surface area contributed by atoms with Crippen LogP contribution in [0.2, 0.25) is 0 Å². The molecule has 0 saturated heterocycles. The number of hydrogen-bond donors (Lipinski definition) is 3. The summed E-state index contributed by atoms with van der Waals surface area (Å²) in [7, 11) is 0. The first-order chi connectivity index (χ1) is 9.56. The van der Waals surface area contributed by atoms with Crippen LogP contribution >= 0.6 is 23.5 Å². The minimum absolute atomic E-state index is 0.0791. The zero-order valence-electron chi connectivity index (χ0n) is 12.7. The van der Waals surface area contributed by atoms with E-state index >= 15 is 0 Å². The third-order valence-corrected chi connectivity index (χ3v) is 4.20. The Morgan fingerprint density at radius 2 is 1.50 bits per heavy atom. The van der Waals surface area contributed by atoms with E-state index in [0.29, 0.717) is 29.8 Å². The maximum absolute atomic E-state index is 11.4. The van der Waals surface area contributed by atoms with Crippen LogP contribution in [-0.2, 0) is 9.59 Å². The molecule has 0 spiro atoms. The molecule has 3 N–H and O–H groups in total. The second kappa shape index (κ2) is 13.6. The number of thioether (sulfide) groups is 2. The molecule has 2 amide bonds. The molecule has 0 unspecified atom stereocenters. The van der Waals surface area contributed by atoms with Crippen LogP contribution in [0, 0.1) is 0 Å². The van der Waals surface area contributed by atoms with Gasteiger partial charge in [0, 0.05) is 26.2 Å². The summed E-state index contributed by atoms with van der Waals surface area (Å²) in [6, 6.07) is 0. The highest BCUT2D eigenvalue weighted by Gasteiger charge is 2.02. The Labute approximate surface area is 130 Å². The molecule has 0 atom stereocenters. The molecule has 0 fully saturated rings.